The number of rotatable bonds is 7. The lowest BCUT2D eigenvalue weighted by Crippen LogP contribution is -2.09. The van der Waals surface area contributed by atoms with Crippen LogP contribution in [0, 0.1) is 0 Å². The first-order valence-electron chi connectivity index (χ1n) is 6.77. The van der Waals surface area contributed by atoms with Crippen molar-refractivity contribution in [3.63, 3.8) is 0 Å². The highest BCUT2D eigenvalue weighted by atomic mass is 16.5. The van der Waals surface area contributed by atoms with E-state index in [0.717, 1.165) is 30.2 Å². The summed E-state index contributed by atoms with van der Waals surface area (Å²) in [5, 5.41) is 15.5. The highest BCUT2D eigenvalue weighted by Gasteiger charge is 2.03. The molecule has 0 spiro atoms. The van der Waals surface area contributed by atoms with E-state index in [0.29, 0.717) is 12.4 Å². The molecular weight excluding hydrogens is 268 g/mol. The predicted octanol–water partition coefficient (Wildman–Crippen LogP) is 2.02. The Labute approximate surface area is 124 Å². The van der Waals surface area contributed by atoms with E-state index in [4.69, 9.17) is 4.74 Å². The Kier molecular flexibility index (Phi) is 5.34. The number of nitrogens with one attached hydrogen (secondary N) is 2. The van der Waals surface area contributed by atoms with Gasteiger partial charge in [-0.2, -0.15) is 0 Å². The van der Waals surface area contributed by atoms with Crippen molar-refractivity contribution in [2.24, 2.45) is 0 Å². The van der Waals surface area contributed by atoms with Crippen molar-refractivity contribution >= 4 is 11.6 Å². The SMILES string of the molecule is CNc1cc(NCCc2ccc(O)cc2)nc(COC)n1. The van der Waals surface area contributed by atoms with Gasteiger partial charge in [-0.05, 0) is 24.1 Å². The van der Waals surface area contributed by atoms with Crippen molar-refractivity contribution in [2.75, 3.05) is 31.3 Å². The molecule has 1 heterocycles. The van der Waals surface area contributed by atoms with Crippen LogP contribution in [-0.2, 0) is 17.8 Å². The van der Waals surface area contributed by atoms with Crippen LogP contribution in [0.5, 0.6) is 5.75 Å². The molecule has 21 heavy (non-hydrogen) atoms. The summed E-state index contributed by atoms with van der Waals surface area (Å²) >= 11 is 0. The minimum Gasteiger partial charge on any atom is -0.508 e. The van der Waals surface area contributed by atoms with Crippen molar-refractivity contribution < 1.29 is 9.84 Å². The summed E-state index contributed by atoms with van der Waals surface area (Å²) in [6, 6.07) is 9.06. The lowest BCUT2D eigenvalue weighted by Gasteiger charge is -2.09. The molecule has 3 N–H and O–H groups in total. The Hall–Kier alpha value is -2.34. The predicted molar refractivity (Wildman–Crippen MR) is 82.6 cm³/mol. The summed E-state index contributed by atoms with van der Waals surface area (Å²) in [5.41, 5.74) is 1.15. The van der Waals surface area contributed by atoms with Gasteiger partial charge in [0, 0.05) is 26.8 Å². The molecule has 0 saturated carbocycles. The molecule has 1 aromatic heterocycles. The van der Waals surface area contributed by atoms with E-state index in [9.17, 15) is 5.11 Å². The number of nitrogens with zero attached hydrogens (tertiary/aromatic N) is 2. The van der Waals surface area contributed by atoms with Gasteiger partial charge in [0.1, 0.15) is 24.0 Å². The van der Waals surface area contributed by atoms with Crippen LogP contribution >= 0.6 is 0 Å². The lowest BCUT2D eigenvalue weighted by molar-refractivity contribution is 0.178. The third-order valence-electron chi connectivity index (χ3n) is 2.96. The van der Waals surface area contributed by atoms with Crippen LogP contribution in [0.3, 0.4) is 0 Å². The fourth-order valence-corrected chi connectivity index (χ4v) is 1.91. The quantitative estimate of drug-likeness (QED) is 0.723. The van der Waals surface area contributed by atoms with E-state index < -0.39 is 0 Å². The molecule has 1 aromatic carbocycles. The Bertz CT molecular complexity index is 572. The highest BCUT2D eigenvalue weighted by molar-refractivity contribution is 5.47. The average Bonchev–Trinajstić information content (AvgIpc) is 2.49. The first kappa shape index (κ1) is 15.1. The molecule has 0 aliphatic rings. The van der Waals surface area contributed by atoms with E-state index in [1.54, 1.807) is 19.2 Å². The zero-order valence-corrected chi connectivity index (χ0v) is 12.3. The van der Waals surface area contributed by atoms with Crippen LogP contribution in [0.1, 0.15) is 11.4 Å². The first-order chi connectivity index (χ1) is 10.2. The van der Waals surface area contributed by atoms with E-state index in [-0.39, 0.29) is 5.75 Å². The maximum atomic E-state index is 9.25. The lowest BCUT2D eigenvalue weighted by atomic mass is 10.1. The Morgan fingerprint density at radius 2 is 1.86 bits per heavy atom. The Balaban J connectivity index is 1.95. The molecule has 6 heteroatoms. The number of aromatic nitrogens is 2. The largest absolute Gasteiger partial charge is 0.508 e. The summed E-state index contributed by atoms with van der Waals surface area (Å²) in [6.07, 6.45) is 0.846. The van der Waals surface area contributed by atoms with Gasteiger partial charge < -0.3 is 20.5 Å². The molecule has 0 radical (unpaired) electrons. The van der Waals surface area contributed by atoms with Crippen molar-refractivity contribution in [3.8, 4) is 5.75 Å². The average molecular weight is 288 g/mol. The maximum absolute atomic E-state index is 9.25. The molecule has 2 rings (SSSR count). The molecule has 2 aromatic rings. The van der Waals surface area contributed by atoms with Gasteiger partial charge in [0.25, 0.3) is 0 Å². The molecule has 0 atom stereocenters. The minimum atomic E-state index is 0.283. The fraction of sp³-hybridized carbons (Fsp3) is 0.333. The van der Waals surface area contributed by atoms with Gasteiger partial charge >= 0.3 is 0 Å². The standard InChI is InChI=1S/C15H20N4O2/c1-16-13-9-14(19-15(18-13)10-21-2)17-8-7-11-3-5-12(20)6-4-11/h3-6,9,20H,7-8,10H2,1-2H3,(H2,16,17,18,19). The van der Waals surface area contributed by atoms with Gasteiger partial charge in [-0.3, -0.25) is 0 Å². The molecule has 112 valence electrons. The van der Waals surface area contributed by atoms with Crippen LogP contribution in [0.15, 0.2) is 30.3 Å². The van der Waals surface area contributed by atoms with E-state index in [2.05, 4.69) is 20.6 Å². The van der Waals surface area contributed by atoms with Crippen LogP contribution in [0.25, 0.3) is 0 Å². The summed E-state index contributed by atoms with van der Waals surface area (Å²) in [4.78, 5) is 8.69. The van der Waals surface area contributed by atoms with Crippen LogP contribution in [0.4, 0.5) is 11.6 Å². The second kappa shape index (κ2) is 7.44. The van der Waals surface area contributed by atoms with Crippen LogP contribution in [-0.4, -0.2) is 35.8 Å². The third-order valence-corrected chi connectivity index (χ3v) is 2.96. The van der Waals surface area contributed by atoms with Gasteiger partial charge in [-0.1, -0.05) is 12.1 Å². The maximum Gasteiger partial charge on any atom is 0.158 e. The van der Waals surface area contributed by atoms with Crippen molar-refractivity contribution in [1.82, 2.24) is 9.97 Å². The third kappa shape index (κ3) is 4.61. The summed E-state index contributed by atoms with van der Waals surface area (Å²) in [7, 11) is 3.44. The van der Waals surface area contributed by atoms with Crippen molar-refractivity contribution in [1.29, 1.82) is 0 Å². The van der Waals surface area contributed by atoms with E-state index in [1.165, 1.54) is 0 Å². The molecular formula is C15H20N4O2. The minimum absolute atomic E-state index is 0.283. The van der Waals surface area contributed by atoms with Crippen LogP contribution < -0.4 is 10.6 Å². The number of ether oxygens (including phenoxy) is 1. The first-order valence-corrected chi connectivity index (χ1v) is 6.77. The number of hydrogen-bond donors (Lipinski definition) is 3. The van der Waals surface area contributed by atoms with Gasteiger partial charge in [0.2, 0.25) is 0 Å². The smallest absolute Gasteiger partial charge is 0.158 e. The monoisotopic (exact) mass is 288 g/mol. The number of hydrogen-bond acceptors (Lipinski definition) is 6. The Morgan fingerprint density at radius 3 is 2.52 bits per heavy atom. The molecule has 0 fully saturated rings. The van der Waals surface area contributed by atoms with Crippen molar-refractivity contribution in [3.05, 3.63) is 41.7 Å². The second-order valence-electron chi connectivity index (χ2n) is 4.58. The van der Waals surface area contributed by atoms with Gasteiger partial charge in [-0.25, -0.2) is 9.97 Å². The topological polar surface area (TPSA) is 79.3 Å². The molecule has 6 nitrogen and oxygen atoms in total. The Morgan fingerprint density at radius 1 is 1.14 bits per heavy atom. The van der Waals surface area contributed by atoms with Gasteiger partial charge in [0.05, 0.1) is 0 Å². The van der Waals surface area contributed by atoms with Crippen molar-refractivity contribution in [2.45, 2.75) is 13.0 Å². The molecule has 0 unspecified atom stereocenters. The molecule has 0 amide bonds. The summed E-state index contributed by atoms with van der Waals surface area (Å²) in [6.45, 7) is 1.12. The number of methoxy groups -OCH3 is 1. The van der Waals surface area contributed by atoms with Gasteiger partial charge in [0.15, 0.2) is 5.82 Å². The number of phenolic OH excluding ortho intramolecular Hbond substituents is 1. The number of phenols is 1. The summed E-state index contributed by atoms with van der Waals surface area (Å²) < 4.78 is 5.06. The fourth-order valence-electron chi connectivity index (χ4n) is 1.91. The number of anilines is 2. The highest BCUT2D eigenvalue weighted by Crippen LogP contribution is 2.13. The van der Waals surface area contributed by atoms with E-state index >= 15 is 0 Å². The molecule has 0 aliphatic carbocycles. The zero-order valence-electron chi connectivity index (χ0n) is 12.3. The van der Waals surface area contributed by atoms with E-state index in [1.807, 2.05) is 25.2 Å². The number of benzene rings is 1. The zero-order chi connectivity index (χ0) is 15.1. The molecule has 0 aliphatic heterocycles. The second-order valence-corrected chi connectivity index (χ2v) is 4.58. The number of aromatic hydroxyl groups is 1. The van der Waals surface area contributed by atoms with Crippen LogP contribution in [0.2, 0.25) is 0 Å². The molecule has 0 bridgehead atoms. The summed E-state index contributed by atoms with van der Waals surface area (Å²) in [5.74, 6) is 2.44. The van der Waals surface area contributed by atoms with Gasteiger partial charge in [-0.15, -0.1) is 0 Å². The normalized spacial score (nSPS) is 10.4. The molecule has 0 saturated heterocycles.